The summed E-state index contributed by atoms with van der Waals surface area (Å²) in [7, 11) is 0. The molecule has 0 aromatic rings. The van der Waals surface area contributed by atoms with Gasteiger partial charge in [0, 0.05) is 6.42 Å². The van der Waals surface area contributed by atoms with Crippen molar-refractivity contribution in [2.75, 3.05) is 6.61 Å². The van der Waals surface area contributed by atoms with Crippen LogP contribution in [-0.4, -0.2) is 12.6 Å². The minimum Gasteiger partial charge on any atom is -0.466 e. The summed E-state index contributed by atoms with van der Waals surface area (Å²) in [6, 6.07) is 0. The first kappa shape index (κ1) is 9.99. The van der Waals surface area contributed by atoms with Gasteiger partial charge in [0.2, 0.25) is 0 Å². The standard InChI is InChI=1S/C9H14O2/c1-3-5-6-7-8-9(10)11-4-2/h5H,1,4,6-8H2,2H3. The molecule has 11 heavy (non-hydrogen) atoms. The Hall–Kier alpha value is -1.01. The molecule has 0 saturated carbocycles. The van der Waals surface area contributed by atoms with Crippen LogP contribution < -0.4 is 0 Å². The lowest BCUT2D eigenvalue weighted by Gasteiger charge is -1.98. The number of hydrogen-bond donors (Lipinski definition) is 0. The number of allylic oxidation sites excluding steroid dienone is 1. The van der Waals surface area contributed by atoms with E-state index < -0.39 is 0 Å². The third-order valence-corrected chi connectivity index (χ3v) is 1.18. The Bertz CT molecular complexity index is 155. The van der Waals surface area contributed by atoms with Crippen molar-refractivity contribution < 1.29 is 9.53 Å². The van der Waals surface area contributed by atoms with E-state index in [1.54, 1.807) is 0 Å². The Morgan fingerprint density at radius 2 is 2.45 bits per heavy atom. The fourth-order valence-electron chi connectivity index (χ4n) is 0.684. The number of esters is 1. The summed E-state index contributed by atoms with van der Waals surface area (Å²) in [5, 5.41) is 0. The van der Waals surface area contributed by atoms with Gasteiger partial charge in [-0.15, -0.1) is 5.73 Å². The predicted molar refractivity (Wildman–Crippen MR) is 44.2 cm³/mol. The van der Waals surface area contributed by atoms with Crippen molar-refractivity contribution in [3.63, 3.8) is 0 Å². The van der Waals surface area contributed by atoms with Gasteiger partial charge in [-0.25, -0.2) is 0 Å². The van der Waals surface area contributed by atoms with Crippen molar-refractivity contribution in [3.8, 4) is 0 Å². The van der Waals surface area contributed by atoms with E-state index in [0.29, 0.717) is 13.0 Å². The predicted octanol–water partition coefficient (Wildman–Crippen LogP) is 2.06. The van der Waals surface area contributed by atoms with Gasteiger partial charge in [0.15, 0.2) is 0 Å². The summed E-state index contributed by atoms with van der Waals surface area (Å²) in [5.74, 6) is -0.120. The van der Waals surface area contributed by atoms with Crippen LogP contribution in [0.4, 0.5) is 0 Å². The molecule has 0 aliphatic rings. The molecule has 0 heterocycles. The largest absolute Gasteiger partial charge is 0.466 e. The van der Waals surface area contributed by atoms with Crippen molar-refractivity contribution in [2.24, 2.45) is 0 Å². The lowest BCUT2D eigenvalue weighted by molar-refractivity contribution is -0.143. The molecule has 62 valence electrons. The van der Waals surface area contributed by atoms with Crippen molar-refractivity contribution >= 4 is 5.97 Å². The van der Waals surface area contributed by atoms with Gasteiger partial charge in [-0.3, -0.25) is 4.79 Å². The minimum atomic E-state index is -0.120. The molecule has 0 aromatic heterocycles. The third kappa shape index (κ3) is 6.88. The summed E-state index contributed by atoms with van der Waals surface area (Å²) in [6.07, 6.45) is 3.98. The van der Waals surface area contributed by atoms with E-state index in [-0.39, 0.29) is 5.97 Å². The number of hydrogen-bond acceptors (Lipinski definition) is 2. The third-order valence-electron chi connectivity index (χ3n) is 1.18. The molecule has 0 aliphatic carbocycles. The van der Waals surface area contributed by atoms with Crippen LogP contribution >= 0.6 is 0 Å². The van der Waals surface area contributed by atoms with E-state index in [1.807, 2.05) is 13.0 Å². The van der Waals surface area contributed by atoms with Gasteiger partial charge in [-0.2, -0.15) is 0 Å². The average molecular weight is 154 g/mol. The second kappa shape index (κ2) is 7.10. The molecule has 0 rings (SSSR count). The van der Waals surface area contributed by atoms with Gasteiger partial charge >= 0.3 is 5.97 Å². The molecule has 0 aliphatic heterocycles. The smallest absolute Gasteiger partial charge is 0.305 e. The van der Waals surface area contributed by atoms with E-state index >= 15 is 0 Å². The number of unbranched alkanes of at least 4 members (excludes halogenated alkanes) is 1. The maximum absolute atomic E-state index is 10.7. The van der Waals surface area contributed by atoms with Crippen LogP contribution in [-0.2, 0) is 9.53 Å². The van der Waals surface area contributed by atoms with Gasteiger partial charge < -0.3 is 4.74 Å². The zero-order valence-corrected chi connectivity index (χ0v) is 6.93. The first-order valence-electron chi connectivity index (χ1n) is 3.81. The molecule has 0 spiro atoms. The molecule has 0 atom stereocenters. The topological polar surface area (TPSA) is 26.3 Å². The lowest BCUT2D eigenvalue weighted by Crippen LogP contribution is -2.02. The summed E-state index contributed by atoms with van der Waals surface area (Å²) in [6.45, 7) is 5.69. The Morgan fingerprint density at radius 1 is 1.73 bits per heavy atom. The highest BCUT2D eigenvalue weighted by Crippen LogP contribution is 1.97. The Labute approximate surface area is 67.6 Å². The van der Waals surface area contributed by atoms with Crippen LogP contribution in [0.3, 0.4) is 0 Å². The van der Waals surface area contributed by atoms with Crippen molar-refractivity contribution in [1.29, 1.82) is 0 Å². The molecule has 0 bridgehead atoms. The summed E-state index contributed by atoms with van der Waals surface area (Å²) in [5.41, 5.74) is 2.65. The molecule has 0 radical (unpaired) electrons. The fourth-order valence-corrected chi connectivity index (χ4v) is 0.684. The van der Waals surface area contributed by atoms with E-state index in [9.17, 15) is 4.79 Å². The zero-order valence-electron chi connectivity index (χ0n) is 6.93. The molecule has 0 saturated heterocycles. The minimum absolute atomic E-state index is 0.120. The molecule has 0 amide bonds. The van der Waals surface area contributed by atoms with E-state index in [2.05, 4.69) is 12.3 Å². The van der Waals surface area contributed by atoms with Crippen LogP contribution in [0.15, 0.2) is 18.4 Å². The zero-order chi connectivity index (χ0) is 8.53. The highest BCUT2D eigenvalue weighted by atomic mass is 16.5. The molecule has 0 fully saturated rings. The summed E-state index contributed by atoms with van der Waals surface area (Å²) < 4.78 is 4.73. The van der Waals surface area contributed by atoms with Crippen molar-refractivity contribution in [2.45, 2.75) is 26.2 Å². The van der Waals surface area contributed by atoms with Gasteiger partial charge in [-0.05, 0) is 25.8 Å². The van der Waals surface area contributed by atoms with E-state index in [4.69, 9.17) is 4.74 Å². The first-order chi connectivity index (χ1) is 5.31. The van der Waals surface area contributed by atoms with Gasteiger partial charge in [0.25, 0.3) is 0 Å². The molecular formula is C9H14O2. The van der Waals surface area contributed by atoms with Crippen molar-refractivity contribution in [1.82, 2.24) is 0 Å². The molecule has 0 aromatic carbocycles. The second-order valence-electron chi connectivity index (χ2n) is 2.11. The monoisotopic (exact) mass is 154 g/mol. The maximum Gasteiger partial charge on any atom is 0.305 e. The molecule has 2 heteroatoms. The van der Waals surface area contributed by atoms with Crippen LogP contribution in [0.2, 0.25) is 0 Å². The summed E-state index contributed by atoms with van der Waals surface area (Å²) >= 11 is 0. The highest BCUT2D eigenvalue weighted by molar-refractivity contribution is 5.69. The lowest BCUT2D eigenvalue weighted by atomic mass is 10.2. The average Bonchev–Trinajstić information content (AvgIpc) is 1.99. The molecule has 0 unspecified atom stereocenters. The Kier molecular flexibility index (Phi) is 6.45. The van der Waals surface area contributed by atoms with Gasteiger partial charge in [0.1, 0.15) is 0 Å². The van der Waals surface area contributed by atoms with Crippen LogP contribution in [0.5, 0.6) is 0 Å². The molecule has 0 N–H and O–H groups in total. The number of ether oxygens (including phenoxy) is 1. The number of rotatable bonds is 5. The molecular weight excluding hydrogens is 140 g/mol. The van der Waals surface area contributed by atoms with Crippen LogP contribution in [0.25, 0.3) is 0 Å². The van der Waals surface area contributed by atoms with Crippen LogP contribution in [0.1, 0.15) is 26.2 Å². The van der Waals surface area contributed by atoms with E-state index in [1.165, 1.54) is 0 Å². The fraction of sp³-hybridized carbons (Fsp3) is 0.556. The second-order valence-corrected chi connectivity index (χ2v) is 2.11. The maximum atomic E-state index is 10.7. The Morgan fingerprint density at radius 3 is 3.00 bits per heavy atom. The van der Waals surface area contributed by atoms with Gasteiger partial charge in [-0.1, -0.05) is 6.58 Å². The summed E-state index contributed by atoms with van der Waals surface area (Å²) in [4.78, 5) is 10.7. The quantitative estimate of drug-likeness (QED) is 0.344. The van der Waals surface area contributed by atoms with Crippen molar-refractivity contribution in [3.05, 3.63) is 18.4 Å². The highest BCUT2D eigenvalue weighted by Gasteiger charge is 1.98. The first-order valence-corrected chi connectivity index (χ1v) is 3.81. The number of carbonyl (C=O) groups excluding carboxylic acids is 1. The Balaban J connectivity index is 3.23. The SMILES string of the molecule is C=C=CCCCC(=O)OCC. The molecule has 2 nitrogen and oxygen atoms in total. The normalized spacial score (nSPS) is 8.45. The number of carbonyl (C=O) groups is 1. The van der Waals surface area contributed by atoms with Crippen LogP contribution in [0, 0.1) is 0 Å². The van der Waals surface area contributed by atoms with E-state index in [0.717, 1.165) is 12.8 Å². The van der Waals surface area contributed by atoms with Gasteiger partial charge in [0.05, 0.1) is 6.61 Å².